The minimum atomic E-state index is 0.0441. The van der Waals surface area contributed by atoms with Gasteiger partial charge in [0.15, 0.2) is 5.78 Å². The number of aromatic nitrogens is 4. The zero-order valence-electron chi connectivity index (χ0n) is 12.3. The van der Waals surface area contributed by atoms with Gasteiger partial charge in [-0.2, -0.15) is 5.10 Å². The average molecular weight is 282 g/mol. The number of carbonyl (C=O) groups excluding carboxylic acids is 1. The highest BCUT2D eigenvalue weighted by Crippen LogP contribution is 2.18. The van der Waals surface area contributed by atoms with E-state index < -0.39 is 0 Å². The first-order valence-electron chi connectivity index (χ1n) is 7.16. The number of rotatable bonds is 5. The highest BCUT2D eigenvalue weighted by atomic mass is 16.1. The Bertz CT molecular complexity index is 785. The molecule has 0 atom stereocenters. The van der Waals surface area contributed by atoms with Gasteiger partial charge in [0.2, 0.25) is 0 Å². The van der Waals surface area contributed by atoms with Gasteiger partial charge in [0.1, 0.15) is 11.5 Å². The van der Waals surface area contributed by atoms with Crippen LogP contribution in [0.1, 0.15) is 29.7 Å². The van der Waals surface area contributed by atoms with E-state index in [1.54, 1.807) is 24.0 Å². The number of fused-ring (bicyclic) bond motifs is 1. The van der Waals surface area contributed by atoms with Crippen LogP contribution in [0, 0.1) is 0 Å². The van der Waals surface area contributed by atoms with Crippen molar-refractivity contribution in [3.05, 3.63) is 48.0 Å². The first-order valence-corrected chi connectivity index (χ1v) is 7.16. The van der Waals surface area contributed by atoms with Crippen LogP contribution in [0.25, 0.3) is 11.0 Å². The molecule has 0 aliphatic carbocycles. The van der Waals surface area contributed by atoms with Crippen molar-refractivity contribution in [3.8, 4) is 0 Å². The lowest BCUT2D eigenvalue weighted by molar-refractivity contribution is 0.0981. The monoisotopic (exact) mass is 282 g/mol. The minimum absolute atomic E-state index is 0.0441. The Kier molecular flexibility index (Phi) is 3.56. The van der Waals surface area contributed by atoms with Crippen molar-refractivity contribution in [2.75, 3.05) is 0 Å². The molecule has 2 heterocycles. The maximum Gasteiger partial charge on any atom is 0.188 e. The molecule has 0 saturated carbocycles. The SMILES string of the molecule is CCCn1c(CC(=O)c2ccnn2C)nc2ccccc21. The van der Waals surface area contributed by atoms with E-state index in [9.17, 15) is 4.79 Å². The van der Waals surface area contributed by atoms with Gasteiger partial charge in [-0.25, -0.2) is 4.98 Å². The summed E-state index contributed by atoms with van der Waals surface area (Å²) < 4.78 is 3.75. The van der Waals surface area contributed by atoms with Crippen LogP contribution in [0.4, 0.5) is 0 Å². The Morgan fingerprint density at radius 2 is 2.05 bits per heavy atom. The van der Waals surface area contributed by atoms with Gasteiger partial charge in [0, 0.05) is 19.8 Å². The van der Waals surface area contributed by atoms with Gasteiger partial charge in [0.25, 0.3) is 0 Å². The Hall–Kier alpha value is -2.43. The standard InChI is InChI=1S/C16H18N4O/c1-3-10-20-13-7-5-4-6-12(13)18-16(20)11-15(21)14-8-9-17-19(14)2/h4-9H,3,10-11H2,1-2H3. The third kappa shape index (κ3) is 2.46. The number of ketones is 1. The summed E-state index contributed by atoms with van der Waals surface area (Å²) in [6.07, 6.45) is 2.95. The van der Waals surface area contributed by atoms with Crippen LogP contribution in [0.5, 0.6) is 0 Å². The second kappa shape index (κ2) is 5.52. The highest BCUT2D eigenvalue weighted by molar-refractivity contribution is 5.96. The summed E-state index contributed by atoms with van der Waals surface area (Å²) in [5.41, 5.74) is 2.65. The molecule has 0 bridgehead atoms. The second-order valence-corrected chi connectivity index (χ2v) is 5.11. The number of carbonyl (C=O) groups is 1. The van der Waals surface area contributed by atoms with E-state index in [-0.39, 0.29) is 5.78 Å². The fourth-order valence-corrected chi connectivity index (χ4v) is 2.62. The Balaban J connectivity index is 1.98. The molecule has 0 fully saturated rings. The smallest absolute Gasteiger partial charge is 0.188 e. The van der Waals surface area contributed by atoms with E-state index in [1.165, 1.54) is 0 Å². The van der Waals surface area contributed by atoms with Gasteiger partial charge in [0.05, 0.1) is 17.5 Å². The normalized spacial score (nSPS) is 11.1. The van der Waals surface area contributed by atoms with Crippen molar-refractivity contribution >= 4 is 16.8 Å². The van der Waals surface area contributed by atoms with Crippen LogP contribution in [-0.4, -0.2) is 25.1 Å². The maximum absolute atomic E-state index is 12.4. The first kappa shape index (κ1) is 13.5. The summed E-state index contributed by atoms with van der Waals surface area (Å²) in [6.45, 7) is 3.00. The van der Waals surface area contributed by atoms with Crippen molar-refractivity contribution in [1.29, 1.82) is 0 Å². The third-order valence-electron chi connectivity index (χ3n) is 3.61. The molecule has 0 aliphatic heterocycles. The van der Waals surface area contributed by atoms with Crippen molar-refractivity contribution in [3.63, 3.8) is 0 Å². The molecular formula is C16H18N4O. The van der Waals surface area contributed by atoms with Crippen LogP contribution in [0.3, 0.4) is 0 Å². The van der Waals surface area contributed by atoms with Crippen LogP contribution >= 0.6 is 0 Å². The summed E-state index contributed by atoms with van der Waals surface area (Å²) in [5.74, 6) is 0.868. The molecule has 108 valence electrons. The van der Waals surface area contributed by atoms with Gasteiger partial charge in [-0.3, -0.25) is 9.48 Å². The molecule has 3 aromatic rings. The minimum Gasteiger partial charge on any atom is -0.328 e. The number of benzene rings is 1. The van der Waals surface area contributed by atoms with E-state index in [2.05, 4.69) is 27.6 Å². The van der Waals surface area contributed by atoms with E-state index in [4.69, 9.17) is 0 Å². The lowest BCUT2D eigenvalue weighted by Crippen LogP contribution is -2.13. The van der Waals surface area contributed by atoms with Gasteiger partial charge < -0.3 is 4.57 Å². The Morgan fingerprint density at radius 1 is 1.24 bits per heavy atom. The first-order chi connectivity index (χ1) is 10.2. The van der Waals surface area contributed by atoms with E-state index >= 15 is 0 Å². The summed E-state index contributed by atoms with van der Waals surface area (Å²) in [5, 5.41) is 4.05. The molecule has 0 unspecified atom stereocenters. The molecule has 2 aromatic heterocycles. The molecule has 0 aliphatic rings. The van der Waals surface area contributed by atoms with Crippen molar-refractivity contribution in [1.82, 2.24) is 19.3 Å². The van der Waals surface area contributed by atoms with Crippen LogP contribution in [0.15, 0.2) is 36.5 Å². The number of hydrogen-bond acceptors (Lipinski definition) is 3. The van der Waals surface area contributed by atoms with Crippen LogP contribution in [-0.2, 0) is 20.0 Å². The predicted molar refractivity (Wildman–Crippen MR) is 81.3 cm³/mol. The fourth-order valence-electron chi connectivity index (χ4n) is 2.62. The van der Waals surface area contributed by atoms with Gasteiger partial charge >= 0.3 is 0 Å². The summed E-state index contributed by atoms with van der Waals surface area (Å²) in [6, 6.07) is 9.76. The number of nitrogens with zero attached hydrogens (tertiary/aromatic N) is 4. The molecule has 0 radical (unpaired) electrons. The van der Waals surface area contributed by atoms with Crippen LogP contribution in [0.2, 0.25) is 0 Å². The maximum atomic E-state index is 12.4. The summed E-state index contributed by atoms with van der Waals surface area (Å²) >= 11 is 0. The van der Waals surface area contributed by atoms with Crippen molar-refractivity contribution in [2.45, 2.75) is 26.3 Å². The quantitative estimate of drug-likeness (QED) is 0.676. The molecule has 5 nitrogen and oxygen atoms in total. The van der Waals surface area contributed by atoms with Gasteiger partial charge in [-0.15, -0.1) is 0 Å². The van der Waals surface area contributed by atoms with Crippen molar-refractivity contribution in [2.24, 2.45) is 7.05 Å². The molecule has 1 aromatic carbocycles. The largest absolute Gasteiger partial charge is 0.328 e. The highest BCUT2D eigenvalue weighted by Gasteiger charge is 2.16. The molecule has 3 rings (SSSR count). The van der Waals surface area contributed by atoms with Gasteiger partial charge in [-0.1, -0.05) is 19.1 Å². The van der Waals surface area contributed by atoms with Gasteiger partial charge in [-0.05, 0) is 24.6 Å². The Labute approximate surface area is 123 Å². The lowest BCUT2D eigenvalue weighted by Gasteiger charge is -2.07. The number of aryl methyl sites for hydroxylation is 2. The predicted octanol–water partition coefficient (Wildman–Crippen LogP) is 2.61. The number of hydrogen-bond donors (Lipinski definition) is 0. The molecule has 0 amide bonds. The van der Waals surface area contributed by atoms with Crippen LogP contribution < -0.4 is 0 Å². The summed E-state index contributed by atoms with van der Waals surface area (Å²) in [4.78, 5) is 17.0. The third-order valence-corrected chi connectivity index (χ3v) is 3.61. The topological polar surface area (TPSA) is 52.7 Å². The molecular weight excluding hydrogens is 264 g/mol. The molecule has 0 N–H and O–H groups in total. The van der Waals surface area contributed by atoms with E-state index in [0.29, 0.717) is 12.1 Å². The zero-order valence-corrected chi connectivity index (χ0v) is 12.3. The second-order valence-electron chi connectivity index (χ2n) is 5.11. The van der Waals surface area contributed by atoms with E-state index in [1.807, 2.05) is 18.2 Å². The lowest BCUT2D eigenvalue weighted by atomic mass is 10.2. The number of para-hydroxylation sites is 2. The Morgan fingerprint density at radius 3 is 2.76 bits per heavy atom. The van der Waals surface area contributed by atoms with E-state index in [0.717, 1.165) is 29.8 Å². The molecule has 0 saturated heterocycles. The number of Topliss-reactive ketones (excluding diaryl/α,β-unsaturated/α-hetero) is 1. The van der Waals surface area contributed by atoms with Crippen molar-refractivity contribution < 1.29 is 4.79 Å². The molecule has 5 heteroatoms. The molecule has 21 heavy (non-hydrogen) atoms. The molecule has 0 spiro atoms. The zero-order chi connectivity index (χ0) is 14.8. The fraction of sp³-hybridized carbons (Fsp3) is 0.312. The average Bonchev–Trinajstić information content (AvgIpc) is 3.04. The number of imidazole rings is 1. The summed E-state index contributed by atoms with van der Waals surface area (Å²) in [7, 11) is 1.78.